The Morgan fingerprint density at radius 3 is 2.88 bits per heavy atom. The number of rotatable bonds is 2. The first-order chi connectivity index (χ1) is 8.33. The highest BCUT2D eigenvalue weighted by Gasteiger charge is 2.07. The largest absolute Gasteiger partial charge is 0.308 e. The summed E-state index contributed by atoms with van der Waals surface area (Å²) < 4.78 is 0. The smallest absolute Gasteiger partial charge is 0.224 e. The highest BCUT2D eigenvalue weighted by atomic mass is 35.5. The Morgan fingerprint density at radius 2 is 2.06 bits per heavy atom. The van der Waals surface area contributed by atoms with Gasteiger partial charge < -0.3 is 5.32 Å². The lowest BCUT2D eigenvalue weighted by atomic mass is 10.2. The minimum absolute atomic E-state index is 0.186. The van der Waals surface area contributed by atoms with Gasteiger partial charge in [0, 0.05) is 5.39 Å². The molecule has 7 heteroatoms. The van der Waals surface area contributed by atoms with Crippen LogP contribution in [0.2, 0.25) is 5.28 Å². The zero-order chi connectivity index (χ0) is 11.7. The number of para-hydroxylation sites is 1. The van der Waals surface area contributed by atoms with E-state index >= 15 is 0 Å². The Labute approximate surface area is 101 Å². The second kappa shape index (κ2) is 3.99. The molecule has 1 aromatic carbocycles. The lowest BCUT2D eigenvalue weighted by Crippen LogP contribution is -1.98. The van der Waals surface area contributed by atoms with E-state index in [1.54, 1.807) is 0 Å². The van der Waals surface area contributed by atoms with Crippen molar-refractivity contribution in [1.29, 1.82) is 0 Å². The summed E-state index contributed by atoms with van der Waals surface area (Å²) in [4.78, 5) is 12.2. The summed E-state index contributed by atoms with van der Waals surface area (Å²) in [6, 6.07) is 7.58. The topological polar surface area (TPSA) is 79.4 Å². The van der Waals surface area contributed by atoms with E-state index in [0.29, 0.717) is 11.8 Å². The lowest BCUT2D eigenvalue weighted by Gasteiger charge is -2.05. The highest BCUT2D eigenvalue weighted by Crippen LogP contribution is 2.23. The molecule has 0 aliphatic rings. The molecule has 0 bridgehead atoms. The summed E-state index contributed by atoms with van der Waals surface area (Å²) in [5.74, 6) is 1.10. The van der Waals surface area contributed by atoms with Crippen LogP contribution in [0.25, 0.3) is 10.9 Å². The maximum Gasteiger partial charge on any atom is 0.224 e. The number of hydrogen-bond donors (Lipinski definition) is 2. The van der Waals surface area contributed by atoms with Gasteiger partial charge in [0.1, 0.15) is 12.1 Å². The van der Waals surface area contributed by atoms with E-state index in [0.717, 1.165) is 10.9 Å². The normalized spacial score (nSPS) is 10.6. The summed E-state index contributed by atoms with van der Waals surface area (Å²) in [6.07, 6.45) is 1.41. The fraction of sp³-hybridized carbons (Fsp3) is 0. The fourth-order valence-electron chi connectivity index (χ4n) is 1.52. The number of nitrogens with one attached hydrogen (secondary N) is 2. The van der Waals surface area contributed by atoms with Gasteiger partial charge in [-0.1, -0.05) is 12.1 Å². The molecule has 0 spiro atoms. The standard InChI is InChI=1S/C10H7ClN6/c11-9-14-7-4-2-1-3-6(7)8(15-9)16-10-12-5-13-17-10/h1-5H,(H2,12,13,14,15,16,17). The molecule has 3 rings (SSSR count). The number of anilines is 2. The molecular weight excluding hydrogens is 240 g/mol. The number of nitrogens with zero attached hydrogens (tertiary/aromatic N) is 4. The first-order valence-corrected chi connectivity index (χ1v) is 5.25. The molecule has 0 radical (unpaired) electrons. The second-order valence-electron chi connectivity index (χ2n) is 3.32. The number of H-pyrrole nitrogens is 1. The van der Waals surface area contributed by atoms with Crippen molar-refractivity contribution in [3.05, 3.63) is 35.9 Å². The molecule has 0 aliphatic carbocycles. The van der Waals surface area contributed by atoms with Crippen LogP contribution in [0.5, 0.6) is 0 Å². The number of benzene rings is 1. The van der Waals surface area contributed by atoms with E-state index in [9.17, 15) is 0 Å². The molecule has 0 fully saturated rings. The minimum atomic E-state index is 0.186. The summed E-state index contributed by atoms with van der Waals surface area (Å²) in [5.41, 5.74) is 0.773. The van der Waals surface area contributed by atoms with Crippen molar-refractivity contribution in [1.82, 2.24) is 25.1 Å². The van der Waals surface area contributed by atoms with Crippen LogP contribution >= 0.6 is 11.6 Å². The minimum Gasteiger partial charge on any atom is -0.308 e. The zero-order valence-corrected chi connectivity index (χ0v) is 9.31. The van der Waals surface area contributed by atoms with E-state index < -0.39 is 0 Å². The Kier molecular flexibility index (Phi) is 2.34. The van der Waals surface area contributed by atoms with Gasteiger partial charge in [0.15, 0.2) is 0 Å². The van der Waals surface area contributed by atoms with Gasteiger partial charge in [-0.3, -0.25) is 0 Å². The lowest BCUT2D eigenvalue weighted by molar-refractivity contribution is 1.09. The van der Waals surface area contributed by atoms with Crippen molar-refractivity contribution >= 4 is 34.3 Å². The SMILES string of the molecule is Clc1nc(Nc2ncn[nH]2)c2ccccc2n1. The van der Waals surface area contributed by atoms with Crippen molar-refractivity contribution in [2.45, 2.75) is 0 Å². The third-order valence-electron chi connectivity index (χ3n) is 2.23. The van der Waals surface area contributed by atoms with Crippen molar-refractivity contribution in [3.8, 4) is 0 Å². The summed E-state index contributed by atoms with van der Waals surface area (Å²) in [5, 5.41) is 10.5. The Bertz CT molecular complexity index is 651. The maximum absolute atomic E-state index is 5.86. The summed E-state index contributed by atoms with van der Waals surface area (Å²) >= 11 is 5.86. The molecule has 2 N–H and O–H groups in total. The van der Waals surface area contributed by atoms with Gasteiger partial charge >= 0.3 is 0 Å². The zero-order valence-electron chi connectivity index (χ0n) is 8.55. The molecule has 0 amide bonds. The van der Waals surface area contributed by atoms with Gasteiger partial charge in [0.25, 0.3) is 0 Å². The van der Waals surface area contributed by atoms with Gasteiger partial charge in [-0.2, -0.15) is 15.1 Å². The number of aromatic amines is 1. The van der Waals surface area contributed by atoms with Crippen LogP contribution in [0.15, 0.2) is 30.6 Å². The number of fused-ring (bicyclic) bond motifs is 1. The molecule has 84 valence electrons. The average molecular weight is 247 g/mol. The van der Waals surface area contributed by atoms with Gasteiger partial charge in [-0.05, 0) is 23.7 Å². The van der Waals surface area contributed by atoms with Crippen molar-refractivity contribution in [2.75, 3.05) is 5.32 Å². The highest BCUT2D eigenvalue weighted by molar-refractivity contribution is 6.28. The van der Waals surface area contributed by atoms with Gasteiger partial charge in [-0.25, -0.2) is 10.1 Å². The molecule has 6 nitrogen and oxygen atoms in total. The first kappa shape index (κ1) is 9.98. The van der Waals surface area contributed by atoms with E-state index in [-0.39, 0.29) is 5.28 Å². The third-order valence-corrected chi connectivity index (χ3v) is 2.40. The van der Waals surface area contributed by atoms with Crippen LogP contribution in [0.4, 0.5) is 11.8 Å². The van der Waals surface area contributed by atoms with Crippen LogP contribution in [-0.2, 0) is 0 Å². The van der Waals surface area contributed by atoms with E-state index in [1.807, 2.05) is 24.3 Å². The monoisotopic (exact) mass is 246 g/mol. The molecule has 0 saturated carbocycles. The molecule has 0 unspecified atom stereocenters. The van der Waals surface area contributed by atoms with Crippen LogP contribution in [0.3, 0.4) is 0 Å². The predicted octanol–water partition coefficient (Wildman–Crippen LogP) is 2.14. The van der Waals surface area contributed by atoms with E-state index in [1.165, 1.54) is 6.33 Å². The van der Waals surface area contributed by atoms with E-state index in [4.69, 9.17) is 11.6 Å². The maximum atomic E-state index is 5.86. The van der Waals surface area contributed by atoms with E-state index in [2.05, 4.69) is 30.5 Å². The average Bonchev–Trinajstić information content (AvgIpc) is 2.81. The van der Waals surface area contributed by atoms with Crippen molar-refractivity contribution in [2.24, 2.45) is 0 Å². The molecular formula is C10H7ClN6. The second-order valence-corrected chi connectivity index (χ2v) is 3.66. The van der Waals surface area contributed by atoms with Crippen molar-refractivity contribution in [3.63, 3.8) is 0 Å². The molecule has 0 atom stereocenters. The predicted molar refractivity (Wildman–Crippen MR) is 64.2 cm³/mol. The Hall–Kier alpha value is -2.21. The first-order valence-electron chi connectivity index (χ1n) is 4.87. The molecule has 3 aromatic rings. The van der Waals surface area contributed by atoms with Crippen molar-refractivity contribution < 1.29 is 0 Å². The molecule has 2 heterocycles. The fourth-order valence-corrected chi connectivity index (χ4v) is 1.70. The molecule has 0 aliphatic heterocycles. The molecule has 17 heavy (non-hydrogen) atoms. The third kappa shape index (κ3) is 1.90. The quantitative estimate of drug-likeness (QED) is 0.678. The number of aromatic nitrogens is 5. The number of hydrogen-bond acceptors (Lipinski definition) is 5. The van der Waals surface area contributed by atoms with Gasteiger partial charge in [0.05, 0.1) is 5.52 Å². The number of halogens is 1. The molecule has 0 saturated heterocycles. The van der Waals surface area contributed by atoms with Crippen LogP contribution in [0, 0.1) is 0 Å². The molecule has 2 aromatic heterocycles. The summed E-state index contributed by atoms with van der Waals surface area (Å²) in [6.45, 7) is 0. The van der Waals surface area contributed by atoms with Crippen LogP contribution in [0.1, 0.15) is 0 Å². The van der Waals surface area contributed by atoms with Crippen LogP contribution < -0.4 is 5.32 Å². The van der Waals surface area contributed by atoms with Gasteiger partial charge in [0.2, 0.25) is 11.2 Å². The van der Waals surface area contributed by atoms with Crippen LogP contribution in [-0.4, -0.2) is 25.1 Å². The Morgan fingerprint density at radius 1 is 1.18 bits per heavy atom. The summed E-state index contributed by atoms with van der Waals surface area (Å²) in [7, 11) is 0. The Balaban J connectivity index is 2.14. The van der Waals surface area contributed by atoms with Gasteiger partial charge in [-0.15, -0.1) is 0 Å².